The van der Waals surface area contributed by atoms with Gasteiger partial charge >= 0.3 is 0 Å². The zero-order valence-corrected chi connectivity index (χ0v) is 23.9. The molecule has 1 aromatic carbocycles. The van der Waals surface area contributed by atoms with Gasteiger partial charge in [0.2, 0.25) is 0 Å². The van der Waals surface area contributed by atoms with Gasteiger partial charge in [-0.05, 0) is 62.6 Å². The normalized spacial score (nSPS) is 14.3. The van der Waals surface area contributed by atoms with Crippen LogP contribution in [0.15, 0.2) is 45.7 Å². The van der Waals surface area contributed by atoms with Crippen molar-refractivity contribution in [3.8, 4) is 11.3 Å². The number of aromatic nitrogens is 3. The highest BCUT2D eigenvalue weighted by atomic mass is 32.2. The molecule has 0 unspecified atom stereocenters. The predicted octanol–water partition coefficient (Wildman–Crippen LogP) is 3.78. The zero-order chi connectivity index (χ0) is 28.4. The summed E-state index contributed by atoms with van der Waals surface area (Å²) < 4.78 is 30.9. The minimum absolute atomic E-state index is 0.0504. The first-order valence-corrected chi connectivity index (χ1v) is 15.6. The van der Waals surface area contributed by atoms with Crippen LogP contribution in [0.1, 0.15) is 64.7 Å². The van der Waals surface area contributed by atoms with Gasteiger partial charge in [0.25, 0.3) is 11.5 Å². The second kappa shape index (κ2) is 11.4. The lowest BCUT2D eigenvalue weighted by molar-refractivity contribution is 0.0952. The fourth-order valence-corrected chi connectivity index (χ4v) is 5.89. The number of carbonyl (C=O) groups excluding carboxylic acids is 1. The van der Waals surface area contributed by atoms with E-state index in [1.807, 2.05) is 42.8 Å². The maximum atomic E-state index is 13.5. The van der Waals surface area contributed by atoms with Gasteiger partial charge in [-0.2, -0.15) is 5.10 Å². The first kappa shape index (κ1) is 27.9. The number of H-pyrrole nitrogens is 1. The summed E-state index contributed by atoms with van der Waals surface area (Å²) in [4.78, 5) is 28.8. The smallest absolute Gasteiger partial charge is 0.253 e. The Labute approximate surface area is 233 Å². The summed E-state index contributed by atoms with van der Waals surface area (Å²) in [5.74, 6) is 1.01. The molecule has 11 heteroatoms. The molecule has 5 rings (SSSR count). The predicted molar refractivity (Wildman–Crippen MR) is 154 cm³/mol. The molecule has 0 radical (unpaired) electrons. The molecule has 1 amide bonds. The molecule has 10 nitrogen and oxygen atoms in total. The summed E-state index contributed by atoms with van der Waals surface area (Å²) in [6.07, 6.45) is 7.34. The zero-order valence-electron chi connectivity index (χ0n) is 23.0. The Morgan fingerprint density at radius 3 is 2.65 bits per heavy atom. The van der Waals surface area contributed by atoms with Crippen molar-refractivity contribution in [3.05, 3.63) is 75.0 Å². The van der Waals surface area contributed by atoms with Crippen LogP contribution in [0.5, 0.6) is 0 Å². The Hall–Kier alpha value is -3.70. The van der Waals surface area contributed by atoms with E-state index in [4.69, 9.17) is 4.42 Å². The molecule has 0 saturated heterocycles. The number of amides is 1. The molecule has 4 aromatic rings. The van der Waals surface area contributed by atoms with Crippen LogP contribution < -0.4 is 16.2 Å². The number of rotatable bonds is 10. The monoisotopic (exact) mass is 565 g/mol. The Balaban J connectivity index is 1.44. The minimum atomic E-state index is -3.04. The van der Waals surface area contributed by atoms with Crippen molar-refractivity contribution in [1.29, 1.82) is 0 Å². The van der Waals surface area contributed by atoms with Crippen molar-refractivity contribution in [2.24, 2.45) is 0 Å². The maximum Gasteiger partial charge on any atom is 0.253 e. The van der Waals surface area contributed by atoms with E-state index in [0.717, 1.165) is 53.4 Å². The minimum Gasteiger partial charge on any atom is -0.460 e. The van der Waals surface area contributed by atoms with Gasteiger partial charge in [-0.3, -0.25) is 14.3 Å². The molecule has 0 aliphatic heterocycles. The van der Waals surface area contributed by atoms with Gasteiger partial charge in [0.1, 0.15) is 21.4 Å². The van der Waals surface area contributed by atoms with Crippen molar-refractivity contribution in [2.45, 2.75) is 58.7 Å². The molecule has 0 spiro atoms. The van der Waals surface area contributed by atoms with E-state index in [0.29, 0.717) is 35.7 Å². The summed E-state index contributed by atoms with van der Waals surface area (Å²) in [6.45, 7) is 4.50. The van der Waals surface area contributed by atoms with Gasteiger partial charge in [-0.1, -0.05) is 12.8 Å². The van der Waals surface area contributed by atoms with E-state index in [1.165, 1.54) is 6.26 Å². The third-order valence-electron chi connectivity index (χ3n) is 7.45. The third-order valence-corrected chi connectivity index (χ3v) is 8.39. The van der Waals surface area contributed by atoms with Crippen LogP contribution in [0.3, 0.4) is 0 Å². The number of benzene rings is 1. The number of sulfone groups is 1. The van der Waals surface area contributed by atoms with Crippen LogP contribution >= 0.6 is 0 Å². The second-order valence-electron chi connectivity index (χ2n) is 10.7. The van der Waals surface area contributed by atoms with Gasteiger partial charge in [0.15, 0.2) is 0 Å². The molecule has 3 heterocycles. The van der Waals surface area contributed by atoms with Gasteiger partial charge in [-0.15, -0.1) is 0 Å². The Kier molecular flexibility index (Phi) is 7.95. The van der Waals surface area contributed by atoms with Crippen LogP contribution in [-0.4, -0.2) is 47.6 Å². The summed E-state index contributed by atoms with van der Waals surface area (Å²) in [5.41, 5.74) is 3.97. The number of pyridine rings is 1. The number of furan rings is 1. The van der Waals surface area contributed by atoms with E-state index in [1.54, 1.807) is 12.3 Å². The quantitative estimate of drug-likeness (QED) is 0.249. The summed E-state index contributed by atoms with van der Waals surface area (Å²) in [5, 5.41) is 11.4. The summed E-state index contributed by atoms with van der Waals surface area (Å²) in [6, 6.07) is 9.66. The van der Waals surface area contributed by atoms with Crippen molar-refractivity contribution in [1.82, 2.24) is 25.4 Å². The first-order chi connectivity index (χ1) is 19.1. The van der Waals surface area contributed by atoms with Gasteiger partial charge in [-0.25, -0.2) is 8.42 Å². The Morgan fingerprint density at radius 2 is 1.93 bits per heavy atom. The van der Waals surface area contributed by atoms with Crippen LogP contribution in [0.25, 0.3) is 22.2 Å². The first-order valence-electron chi connectivity index (χ1n) is 13.6. The largest absolute Gasteiger partial charge is 0.460 e. The van der Waals surface area contributed by atoms with Gasteiger partial charge in [0.05, 0.1) is 35.6 Å². The molecule has 1 aliphatic carbocycles. The molecule has 40 heavy (non-hydrogen) atoms. The summed E-state index contributed by atoms with van der Waals surface area (Å²) >= 11 is 0. The number of nitrogens with zero attached hydrogens (tertiary/aromatic N) is 2. The highest BCUT2D eigenvalue weighted by Crippen LogP contribution is 2.35. The number of fused-ring (bicyclic) bond motifs is 1. The molecule has 1 saturated carbocycles. The number of aryl methyl sites for hydroxylation is 2. The number of hydrogen-bond acceptors (Lipinski definition) is 7. The topological polar surface area (TPSA) is 139 Å². The third kappa shape index (κ3) is 6.20. The molecule has 212 valence electrons. The number of hydrogen-bond donors (Lipinski definition) is 3. The fourth-order valence-electron chi connectivity index (χ4n) is 5.38. The van der Waals surface area contributed by atoms with E-state index in [-0.39, 0.29) is 29.8 Å². The maximum absolute atomic E-state index is 13.5. The number of nitrogens with one attached hydrogen (secondary N) is 3. The van der Waals surface area contributed by atoms with Crippen LogP contribution in [0.4, 0.5) is 0 Å². The molecule has 1 fully saturated rings. The lowest BCUT2D eigenvalue weighted by Crippen LogP contribution is -2.28. The molecule has 0 bridgehead atoms. The van der Waals surface area contributed by atoms with Crippen LogP contribution in [-0.2, 0) is 22.9 Å². The van der Waals surface area contributed by atoms with Crippen LogP contribution in [0.2, 0.25) is 0 Å². The Bertz CT molecular complexity index is 1710. The molecule has 0 atom stereocenters. The van der Waals surface area contributed by atoms with Gasteiger partial charge in [0, 0.05) is 41.6 Å². The standard InChI is InChI=1S/C29H35N5O5S/c1-18-12-19(2)33-29(36)24(18)16-31-28(35)23-13-20(14-26-25(23)17-32-34(26)21-6-4-5-7-21)27-9-8-22(39-27)15-30-10-11-40(3,37)38/h8-9,12-14,17,21,30H,4-7,10-11,15-16H2,1-3H3,(H,31,35)(H,33,36). The lowest BCUT2D eigenvalue weighted by atomic mass is 10.0. The fraction of sp³-hybridized carbons (Fsp3) is 0.414. The van der Waals surface area contributed by atoms with Crippen molar-refractivity contribution >= 4 is 26.6 Å². The summed E-state index contributed by atoms with van der Waals surface area (Å²) in [7, 11) is -3.04. The highest BCUT2D eigenvalue weighted by molar-refractivity contribution is 7.90. The molecule has 3 aromatic heterocycles. The lowest BCUT2D eigenvalue weighted by Gasteiger charge is -2.13. The van der Waals surface area contributed by atoms with E-state index in [9.17, 15) is 18.0 Å². The molecule has 1 aliphatic rings. The average Bonchev–Trinajstić information content (AvgIpc) is 3.65. The number of carbonyl (C=O) groups is 1. The highest BCUT2D eigenvalue weighted by Gasteiger charge is 2.23. The molecular formula is C29H35N5O5S. The average molecular weight is 566 g/mol. The molecule has 3 N–H and O–H groups in total. The van der Waals surface area contributed by atoms with Gasteiger partial charge < -0.3 is 20.0 Å². The van der Waals surface area contributed by atoms with E-state index < -0.39 is 9.84 Å². The van der Waals surface area contributed by atoms with Crippen molar-refractivity contribution in [3.63, 3.8) is 0 Å². The number of aromatic amines is 1. The second-order valence-corrected chi connectivity index (χ2v) is 12.9. The van der Waals surface area contributed by atoms with Crippen LogP contribution in [0, 0.1) is 13.8 Å². The van der Waals surface area contributed by atoms with Crippen molar-refractivity contribution in [2.75, 3.05) is 18.6 Å². The van der Waals surface area contributed by atoms with Crippen molar-refractivity contribution < 1.29 is 17.6 Å². The van der Waals surface area contributed by atoms with E-state index in [2.05, 4.69) is 20.7 Å². The van der Waals surface area contributed by atoms with E-state index >= 15 is 0 Å². The SMILES string of the molecule is Cc1cc(C)c(CNC(=O)c2cc(-c3ccc(CNCCS(C)(=O)=O)o3)cc3c2cnn3C2CCCC2)c(=O)[nH]1. The Morgan fingerprint density at radius 1 is 1.15 bits per heavy atom. The molecular weight excluding hydrogens is 530 g/mol.